The van der Waals surface area contributed by atoms with Crippen molar-refractivity contribution in [2.24, 2.45) is 0 Å². The van der Waals surface area contributed by atoms with Crippen LogP contribution in [0.3, 0.4) is 0 Å². The number of fused-ring (bicyclic) bond motifs is 2. The standard InChI is InChI=1S/C23H17FN6O3S/c24-15-4-1-13(2-5-15)18-12-30-22(25-18)34-23(27-30)29-9-7-28(8-10-29)21(33)14-3-6-16-17(11-14)20(32)26-19(16)31/h1-6,11-12H,7-10H2,(H,26,31,32). The maximum atomic E-state index is 13.2. The summed E-state index contributed by atoms with van der Waals surface area (Å²) in [5.41, 5.74) is 2.47. The van der Waals surface area contributed by atoms with E-state index in [0.717, 1.165) is 21.3 Å². The molecule has 9 nitrogen and oxygen atoms in total. The highest BCUT2D eigenvalue weighted by molar-refractivity contribution is 7.20. The smallest absolute Gasteiger partial charge is 0.258 e. The number of nitrogens with one attached hydrogen (secondary N) is 1. The molecule has 1 N–H and O–H groups in total. The Hall–Kier alpha value is -4.12. The maximum absolute atomic E-state index is 13.2. The summed E-state index contributed by atoms with van der Waals surface area (Å²) in [6.07, 6.45) is 1.82. The molecule has 0 unspecified atom stereocenters. The molecule has 1 saturated heterocycles. The molecule has 170 valence electrons. The molecule has 34 heavy (non-hydrogen) atoms. The molecule has 0 aliphatic carbocycles. The van der Waals surface area contributed by atoms with Crippen LogP contribution in [0.2, 0.25) is 0 Å². The molecular weight excluding hydrogens is 459 g/mol. The number of anilines is 1. The first-order valence-corrected chi connectivity index (χ1v) is 11.4. The summed E-state index contributed by atoms with van der Waals surface area (Å²) in [5, 5.41) is 7.68. The number of aromatic nitrogens is 3. The molecule has 4 heterocycles. The first-order valence-electron chi connectivity index (χ1n) is 10.6. The highest BCUT2D eigenvalue weighted by Gasteiger charge is 2.29. The second-order valence-electron chi connectivity index (χ2n) is 8.07. The average molecular weight is 476 g/mol. The van der Waals surface area contributed by atoms with Gasteiger partial charge in [0.1, 0.15) is 5.82 Å². The number of hydrogen-bond donors (Lipinski definition) is 1. The van der Waals surface area contributed by atoms with E-state index < -0.39 is 11.8 Å². The van der Waals surface area contributed by atoms with Gasteiger partial charge in [-0.3, -0.25) is 19.7 Å². The van der Waals surface area contributed by atoms with Crippen molar-refractivity contribution in [3.8, 4) is 11.3 Å². The number of nitrogens with zero attached hydrogens (tertiary/aromatic N) is 5. The topological polar surface area (TPSA) is 99.9 Å². The van der Waals surface area contributed by atoms with Gasteiger partial charge in [-0.05, 0) is 42.5 Å². The van der Waals surface area contributed by atoms with Crippen LogP contribution in [-0.2, 0) is 0 Å². The van der Waals surface area contributed by atoms with Gasteiger partial charge in [0.25, 0.3) is 17.7 Å². The van der Waals surface area contributed by atoms with Crippen molar-refractivity contribution in [2.75, 3.05) is 31.1 Å². The van der Waals surface area contributed by atoms with Crippen molar-refractivity contribution >= 4 is 39.2 Å². The zero-order valence-corrected chi connectivity index (χ0v) is 18.5. The number of carbonyl (C=O) groups excluding carboxylic acids is 3. The molecule has 0 saturated carbocycles. The van der Waals surface area contributed by atoms with Gasteiger partial charge in [0.05, 0.1) is 23.0 Å². The molecule has 4 aromatic rings. The van der Waals surface area contributed by atoms with E-state index in [0.29, 0.717) is 37.3 Å². The van der Waals surface area contributed by atoms with Crippen molar-refractivity contribution < 1.29 is 18.8 Å². The van der Waals surface area contributed by atoms with E-state index in [9.17, 15) is 18.8 Å². The Kier molecular flexibility index (Phi) is 4.66. The van der Waals surface area contributed by atoms with E-state index in [1.165, 1.54) is 35.6 Å². The Bertz CT molecular complexity index is 1440. The van der Waals surface area contributed by atoms with Crippen LogP contribution in [0.5, 0.6) is 0 Å². The Balaban J connectivity index is 1.14. The summed E-state index contributed by atoms with van der Waals surface area (Å²) in [7, 11) is 0. The molecule has 6 rings (SSSR count). The van der Waals surface area contributed by atoms with Crippen molar-refractivity contribution in [1.82, 2.24) is 24.8 Å². The summed E-state index contributed by atoms with van der Waals surface area (Å²) in [6.45, 7) is 2.22. The highest BCUT2D eigenvalue weighted by atomic mass is 32.1. The summed E-state index contributed by atoms with van der Waals surface area (Å²) in [5.74, 6) is -1.38. The third-order valence-electron chi connectivity index (χ3n) is 5.99. The van der Waals surface area contributed by atoms with Crippen molar-refractivity contribution in [3.63, 3.8) is 0 Å². The normalized spacial score (nSPS) is 15.7. The summed E-state index contributed by atoms with van der Waals surface area (Å²) < 4.78 is 14.9. The van der Waals surface area contributed by atoms with E-state index >= 15 is 0 Å². The van der Waals surface area contributed by atoms with Crippen LogP contribution >= 0.6 is 11.3 Å². The van der Waals surface area contributed by atoms with Crippen molar-refractivity contribution in [1.29, 1.82) is 0 Å². The SMILES string of the molecule is O=C1NC(=O)c2cc(C(=O)N3CCN(c4nn5cc(-c6ccc(F)cc6)nc5s4)CC3)ccc21. The number of amides is 3. The minimum absolute atomic E-state index is 0.174. The molecule has 2 aromatic carbocycles. The molecule has 1 fully saturated rings. The average Bonchev–Trinajstić information content (AvgIpc) is 3.51. The Morgan fingerprint density at radius 2 is 1.71 bits per heavy atom. The molecule has 2 aromatic heterocycles. The van der Waals surface area contributed by atoms with Crippen molar-refractivity contribution in [3.05, 3.63) is 71.2 Å². The third kappa shape index (κ3) is 3.41. The van der Waals surface area contributed by atoms with Gasteiger partial charge in [-0.2, -0.15) is 0 Å². The predicted molar refractivity (Wildman–Crippen MR) is 123 cm³/mol. The highest BCUT2D eigenvalue weighted by Crippen LogP contribution is 2.28. The summed E-state index contributed by atoms with van der Waals surface area (Å²) >= 11 is 1.46. The number of imidazole rings is 1. The van der Waals surface area contributed by atoms with Gasteiger partial charge in [-0.25, -0.2) is 13.9 Å². The number of hydrogen-bond acceptors (Lipinski definition) is 7. The van der Waals surface area contributed by atoms with E-state index in [1.807, 2.05) is 6.20 Å². The Morgan fingerprint density at radius 3 is 2.44 bits per heavy atom. The van der Waals surface area contributed by atoms with Gasteiger partial charge in [-0.1, -0.05) is 11.3 Å². The van der Waals surface area contributed by atoms with Gasteiger partial charge in [0, 0.05) is 37.3 Å². The van der Waals surface area contributed by atoms with Gasteiger partial charge in [0.15, 0.2) is 0 Å². The summed E-state index contributed by atoms with van der Waals surface area (Å²) in [6, 6.07) is 10.8. The zero-order chi connectivity index (χ0) is 23.4. The van der Waals surface area contributed by atoms with Crippen molar-refractivity contribution in [2.45, 2.75) is 0 Å². The number of rotatable bonds is 3. The van der Waals surface area contributed by atoms with Gasteiger partial charge < -0.3 is 9.80 Å². The second kappa shape index (κ2) is 7.73. The zero-order valence-electron chi connectivity index (χ0n) is 17.7. The molecular formula is C23H17FN6O3S. The molecule has 0 bridgehead atoms. The molecule has 2 aliphatic rings. The fourth-order valence-electron chi connectivity index (χ4n) is 4.16. The van der Waals surface area contributed by atoms with Crippen LogP contribution in [0, 0.1) is 5.82 Å². The molecule has 3 amide bonds. The van der Waals surface area contributed by atoms with Crippen LogP contribution in [0.25, 0.3) is 16.2 Å². The largest absolute Gasteiger partial charge is 0.343 e. The number of piperazine rings is 1. The predicted octanol–water partition coefficient (Wildman–Crippen LogP) is 2.44. The molecule has 2 aliphatic heterocycles. The molecule has 0 radical (unpaired) electrons. The summed E-state index contributed by atoms with van der Waals surface area (Å²) in [4.78, 5) is 45.8. The van der Waals surface area contributed by atoms with Gasteiger partial charge in [0.2, 0.25) is 10.1 Å². The number of carbonyl (C=O) groups is 3. The lowest BCUT2D eigenvalue weighted by molar-refractivity contribution is 0.0746. The van der Waals surface area contributed by atoms with E-state index in [4.69, 9.17) is 0 Å². The number of halogens is 1. The number of imide groups is 1. The minimum atomic E-state index is -0.476. The van der Waals surface area contributed by atoms with Crippen LogP contribution in [0.15, 0.2) is 48.7 Å². The monoisotopic (exact) mass is 476 g/mol. The van der Waals surface area contributed by atoms with Gasteiger partial charge >= 0.3 is 0 Å². The quantitative estimate of drug-likeness (QED) is 0.456. The minimum Gasteiger partial charge on any atom is -0.343 e. The third-order valence-corrected chi connectivity index (χ3v) is 6.98. The maximum Gasteiger partial charge on any atom is 0.258 e. The second-order valence-corrected chi connectivity index (χ2v) is 9.00. The lowest BCUT2D eigenvalue weighted by Gasteiger charge is -2.34. The Morgan fingerprint density at radius 1 is 0.971 bits per heavy atom. The van der Waals surface area contributed by atoms with Crippen LogP contribution in [-0.4, -0.2) is 63.4 Å². The lowest BCUT2D eigenvalue weighted by atomic mass is 10.0. The lowest BCUT2D eigenvalue weighted by Crippen LogP contribution is -2.48. The van der Waals surface area contributed by atoms with E-state index in [-0.39, 0.29) is 17.3 Å². The van der Waals surface area contributed by atoms with Crippen LogP contribution in [0.1, 0.15) is 31.1 Å². The van der Waals surface area contributed by atoms with E-state index in [1.54, 1.807) is 27.6 Å². The Labute approximate surface area is 196 Å². The fourth-order valence-corrected chi connectivity index (χ4v) is 5.10. The van der Waals surface area contributed by atoms with Crippen LogP contribution < -0.4 is 10.2 Å². The molecule has 0 atom stereocenters. The first kappa shape index (κ1) is 20.5. The molecule has 0 spiro atoms. The fraction of sp³-hybridized carbons (Fsp3) is 0.174. The first-order chi connectivity index (χ1) is 16.5. The number of benzene rings is 2. The molecule has 11 heteroatoms. The van der Waals surface area contributed by atoms with Gasteiger partial charge in [-0.15, -0.1) is 5.10 Å². The van der Waals surface area contributed by atoms with Crippen LogP contribution in [0.4, 0.5) is 9.52 Å². The van der Waals surface area contributed by atoms with E-state index in [2.05, 4.69) is 20.3 Å².